The molecule has 1 unspecified atom stereocenters. The van der Waals surface area contributed by atoms with E-state index in [1.165, 1.54) is 10.5 Å². The first-order valence-corrected chi connectivity index (χ1v) is 7.74. The summed E-state index contributed by atoms with van der Waals surface area (Å²) in [7, 11) is 2.10. The molecule has 0 spiro atoms. The predicted octanol–water partition coefficient (Wildman–Crippen LogP) is 2.60. The van der Waals surface area contributed by atoms with E-state index in [1.807, 2.05) is 25.1 Å². The predicted molar refractivity (Wildman–Crippen MR) is 88.2 cm³/mol. The first-order valence-electron chi connectivity index (χ1n) is 7.36. The molecule has 0 saturated carbocycles. The van der Waals surface area contributed by atoms with E-state index in [1.54, 1.807) is 24.3 Å². The number of halogens is 1. The van der Waals surface area contributed by atoms with Crippen LogP contribution in [-0.2, 0) is 11.3 Å². The summed E-state index contributed by atoms with van der Waals surface area (Å²) < 4.78 is 5.48. The number of benzene rings is 2. The van der Waals surface area contributed by atoms with Crippen molar-refractivity contribution in [3.8, 4) is 0 Å². The molecule has 0 aliphatic heterocycles. The van der Waals surface area contributed by atoms with Crippen molar-refractivity contribution in [2.45, 2.75) is 19.6 Å². The molecule has 22 heavy (non-hydrogen) atoms. The van der Waals surface area contributed by atoms with E-state index in [0.29, 0.717) is 10.6 Å². The van der Waals surface area contributed by atoms with Gasteiger partial charge in [-0.3, -0.25) is 0 Å². The van der Waals surface area contributed by atoms with Gasteiger partial charge in [-0.25, -0.2) is 4.79 Å². The number of rotatable bonds is 6. The van der Waals surface area contributed by atoms with Crippen LogP contribution < -0.4 is 4.90 Å². The molecule has 0 aliphatic rings. The van der Waals surface area contributed by atoms with Gasteiger partial charge in [0.1, 0.15) is 19.2 Å². The van der Waals surface area contributed by atoms with E-state index < -0.39 is 0 Å². The van der Waals surface area contributed by atoms with Crippen molar-refractivity contribution >= 4 is 17.6 Å². The highest BCUT2D eigenvalue weighted by Gasteiger charge is 2.16. The Hall–Kier alpha value is -1.84. The van der Waals surface area contributed by atoms with Gasteiger partial charge in [-0.15, -0.1) is 0 Å². The Kier molecular flexibility index (Phi) is 5.99. The molecule has 4 heteroatoms. The SMILES string of the molecule is C[C@H](C[NH+](C)Cc1ccccc1)OC(=O)c1ccc(Cl)cc1. The summed E-state index contributed by atoms with van der Waals surface area (Å²) in [5.41, 5.74) is 1.80. The third-order valence-corrected chi connectivity index (χ3v) is 3.62. The number of esters is 1. The van der Waals surface area contributed by atoms with Crippen LogP contribution in [-0.4, -0.2) is 25.7 Å². The number of hydrogen-bond donors (Lipinski definition) is 1. The van der Waals surface area contributed by atoms with E-state index in [2.05, 4.69) is 19.2 Å². The van der Waals surface area contributed by atoms with Gasteiger partial charge in [-0.1, -0.05) is 41.9 Å². The van der Waals surface area contributed by atoms with Gasteiger partial charge in [-0.2, -0.15) is 0 Å². The smallest absolute Gasteiger partial charge is 0.338 e. The minimum Gasteiger partial charge on any atom is -0.453 e. The summed E-state index contributed by atoms with van der Waals surface area (Å²) in [6, 6.07) is 17.0. The minimum absolute atomic E-state index is 0.146. The van der Waals surface area contributed by atoms with Gasteiger partial charge in [0.2, 0.25) is 0 Å². The molecule has 0 heterocycles. The molecule has 1 N–H and O–H groups in total. The van der Waals surface area contributed by atoms with E-state index in [4.69, 9.17) is 16.3 Å². The largest absolute Gasteiger partial charge is 0.453 e. The Morgan fingerprint density at radius 2 is 1.77 bits per heavy atom. The first kappa shape index (κ1) is 16.5. The summed E-state index contributed by atoms with van der Waals surface area (Å²) in [4.78, 5) is 13.3. The highest BCUT2D eigenvalue weighted by molar-refractivity contribution is 6.30. The standard InChI is InChI=1S/C18H20ClNO2/c1-14(12-20(2)13-15-6-4-3-5-7-15)22-18(21)16-8-10-17(19)11-9-16/h3-11,14H,12-13H2,1-2H3/p+1/t14-/m1/s1. The number of hydrogen-bond acceptors (Lipinski definition) is 2. The number of likely N-dealkylation sites (N-methyl/N-ethyl adjacent to an activating group) is 1. The fourth-order valence-corrected chi connectivity index (χ4v) is 2.51. The van der Waals surface area contributed by atoms with Crippen LogP contribution in [0, 0.1) is 0 Å². The molecule has 2 atom stereocenters. The van der Waals surface area contributed by atoms with Crippen molar-refractivity contribution in [2.24, 2.45) is 0 Å². The molecule has 0 saturated heterocycles. The quantitative estimate of drug-likeness (QED) is 0.830. The molecular weight excluding hydrogens is 298 g/mol. The number of quaternary nitrogens is 1. The Bertz CT molecular complexity index is 598. The summed E-state index contributed by atoms with van der Waals surface area (Å²) in [6.07, 6.45) is -0.146. The van der Waals surface area contributed by atoms with Crippen LogP contribution in [0.2, 0.25) is 5.02 Å². The lowest BCUT2D eigenvalue weighted by molar-refractivity contribution is -0.896. The summed E-state index contributed by atoms with van der Waals surface area (Å²) in [5, 5.41) is 0.608. The molecule has 2 aromatic carbocycles. The lowest BCUT2D eigenvalue weighted by atomic mass is 10.2. The number of carbonyl (C=O) groups is 1. The third kappa shape index (κ3) is 5.17. The van der Waals surface area contributed by atoms with Crippen LogP contribution in [0.3, 0.4) is 0 Å². The van der Waals surface area contributed by atoms with Crippen molar-refractivity contribution in [1.29, 1.82) is 0 Å². The Balaban J connectivity index is 1.83. The molecular formula is C18H21ClNO2+. The zero-order valence-electron chi connectivity index (χ0n) is 12.9. The van der Waals surface area contributed by atoms with Crippen LogP contribution >= 0.6 is 11.6 Å². The maximum absolute atomic E-state index is 12.0. The fourth-order valence-electron chi connectivity index (χ4n) is 2.39. The molecule has 0 fully saturated rings. The van der Waals surface area contributed by atoms with Gasteiger partial charge in [0.15, 0.2) is 0 Å². The van der Waals surface area contributed by atoms with Gasteiger partial charge < -0.3 is 9.64 Å². The third-order valence-electron chi connectivity index (χ3n) is 3.37. The van der Waals surface area contributed by atoms with Crippen molar-refractivity contribution < 1.29 is 14.4 Å². The van der Waals surface area contributed by atoms with Crippen LogP contribution in [0.25, 0.3) is 0 Å². The highest BCUT2D eigenvalue weighted by atomic mass is 35.5. The highest BCUT2D eigenvalue weighted by Crippen LogP contribution is 2.11. The van der Waals surface area contributed by atoms with Crippen molar-refractivity contribution in [2.75, 3.05) is 13.6 Å². The average molecular weight is 319 g/mol. The van der Waals surface area contributed by atoms with E-state index in [0.717, 1.165) is 13.1 Å². The second-order valence-corrected chi connectivity index (χ2v) is 5.98. The van der Waals surface area contributed by atoms with Crippen LogP contribution in [0.4, 0.5) is 0 Å². The average Bonchev–Trinajstić information content (AvgIpc) is 2.48. The number of ether oxygens (including phenoxy) is 1. The summed E-state index contributed by atoms with van der Waals surface area (Å²) >= 11 is 5.81. The molecule has 116 valence electrons. The topological polar surface area (TPSA) is 30.7 Å². The maximum atomic E-state index is 12.0. The maximum Gasteiger partial charge on any atom is 0.338 e. The van der Waals surface area contributed by atoms with E-state index in [-0.39, 0.29) is 12.1 Å². The van der Waals surface area contributed by atoms with Crippen LogP contribution in [0.1, 0.15) is 22.8 Å². The Morgan fingerprint density at radius 3 is 2.41 bits per heavy atom. The number of carbonyl (C=O) groups excluding carboxylic acids is 1. The summed E-state index contributed by atoms with van der Waals surface area (Å²) in [6.45, 7) is 3.58. The lowest BCUT2D eigenvalue weighted by Gasteiger charge is -2.19. The molecule has 2 aromatic rings. The lowest BCUT2D eigenvalue weighted by Crippen LogP contribution is -3.08. The monoisotopic (exact) mass is 318 g/mol. The van der Waals surface area contributed by atoms with Crippen molar-refractivity contribution in [3.05, 3.63) is 70.7 Å². The number of nitrogens with one attached hydrogen (secondary N) is 1. The Morgan fingerprint density at radius 1 is 1.14 bits per heavy atom. The van der Waals surface area contributed by atoms with Gasteiger partial charge in [0.25, 0.3) is 0 Å². The van der Waals surface area contributed by atoms with Crippen LogP contribution in [0.15, 0.2) is 54.6 Å². The molecule has 0 bridgehead atoms. The van der Waals surface area contributed by atoms with Gasteiger partial charge in [0, 0.05) is 10.6 Å². The molecule has 2 rings (SSSR count). The van der Waals surface area contributed by atoms with Gasteiger partial charge in [-0.05, 0) is 31.2 Å². The molecule has 0 aromatic heterocycles. The molecule has 3 nitrogen and oxygen atoms in total. The van der Waals surface area contributed by atoms with Gasteiger partial charge >= 0.3 is 5.97 Å². The Labute approximate surface area is 136 Å². The minimum atomic E-state index is -0.309. The second-order valence-electron chi connectivity index (χ2n) is 5.55. The van der Waals surface area contributed by atoms with Crippen LogP contribution in [0.5, 0.6) is 0 Å². The normalized spacial score (nSPS) is 13.4. The molecule has 0 radical (unpaired) electrons. The second kappa shape index (κ2) is 7.97. The van der Waals surface area contributed by atoms with Crippen molar-refractivity contribution in [1.82, 2.24) is 0 Å². The zero-order valence-corrected chi connectivity index (χ0v) is 13.6. The van der Waals surface area contributed by atoms with E-state index in [9.17, 15) is 4.79 Å². The molecule has 0 amide bonds. The zero-order chi connectivity index (χ0) is 15.9. The first-order chi connectivity index (χ1) is 10.5. The van der Waals surface area contributed by atoms with E-state index >= 15 is 0 Å². The van der Waals surface area contributed by atoms with Gasteiger partial charge in [0.05, 0.1) is 12.6 Å². The summed E-state index contributed by atoms with van der Waals surface area (Å²) in [5.74, 6) is -0.309. The van der Waals surface area contributed by atoms with Crippen molar-refractivity contribution in [3.63, 3.8) is 0 Å². The fraction of sp³-hybridized carbons (Fsp3) is 0.278. The molecule has 0 aliphatic carbocycles.